The number of H-pyrrole nitrogens is 1. The van der Waals surface area contributed by atoms with Crippen LogP contribution < -0.4 is 10.6 Å². The Bertz CT molecular complexity index is 930. The van der Waals surface area contributed by atoms with Crippen molar-refractivity contribution in [3.05, 3.63) is 48.5 Å². The Morgan fingerprint density at radius 1 is 1.08 bits per heavy atom. The Kier molecular flexibility index (Phi) is 4.39. The number of amides is 2. The number of benzene rings is 2. The van der Waals surface area contributed by atoms with E-state index in [0.29, 0.717) is 24.4 Å². The molecule has 3 aromatic rings. The number of nitrogens with one attached hydrogen (secondary N) is 3. The van der Waals surface area contributed by atoms with Crippen molar-refractivity contribution in [3.63, 3.8) is 0 Å². The number of imidazole rings is 1. The summed E-state index contributed by atoms with van der Waals surface area (Å²) in [5.41, 5.74) is 3.31. The minimum absolute atomic E-state index is 0.0618. The molecule has 26 heavy (non-hydrogen) atoms. The topological polar surface area (TPSA) is 86.9 Å². The van der Waals surface area contributed by atoms with Gasteiger partial charge in [-0.2, -0.15) is 0 Å². The van der Waals surface area contributed by atoms with Crippen LogP contribution in [0.5, 0.6) is 0 Å². The summed E-state index contributed by atoms with van der Waals surface area (Å²) in [5.74, 6) is 0.448. The van der Waals surface area contributed by atoms with Gasteiger partial charge in [0, 0.05) is 12.0 Å². The summed E-state index contributed by atoms with van der Waals surface area (Å²) in [4.78, 5) is 32.3. The summed E-state index contributed by atoms with van der Waals surface area (Å²) in [7, 11) is 0. The predicted molar refractivity (Wildman–Crippen MR) is 101 cm³/mol. The van der Waals surface area contributed by atoms with Gasteiger partial charge in [-0.05, 0) is 37.1 Å². The van der Waals surface area contributed by atoms with Gasteiger partial charge in [-0.15, -0.1) is 0 Å². The fourth-order valence-corrected chi connectivity index (χ4v) is 3.27. The molecule has 6 heteroatoms. The molecule has 2 heterocycles. The molecular weight excluding hydrogens is 328 g/mol. The van der Waals surface area contributed by atoms with E-state index in [-0.39, 0.29) is 11.8 Å². The lowest BCUT2D eigenvalue weighted by Crippen LogP contribution is -2.42. The lowest BCUT2D eigenvalue weighted by atomic mass is 10.1. The van der Waals surface area contributed by atoms with E-state index < -0.39 is 6.04 Å². The van der Waals surface area contributed by atoms with Gasteiger partial charge in [0.25, 0.3) is 0 Å². The van der Waals surface area contributed by atoms with Crippen molar-refractivity contribution in [2.24, 2.45) is 0 Å². The molecule has 3 N–H and O–H groups in total. The normalized spacial score (nSPS) is 17.5. The molecule has 0 bridgehead atoms. The molecule has 2 aromatic carbocycles. The van der Waals surface area contributed by atoms with E-state index in [1.165, 1.54) is 0 Å². The van der Waals surface area contributed by atoms with Crippen LogP contribution in [-0.4, -0.2) is 27.8 Å². The lowest BCUT2D eigenvalue weighted by Gasteiger charge is -2.17. The molecule has 6 nitrogen and oxygen atoms in total. The highest BCUT2D eigenvalue weighted by Crippen LogP contribution is 2.27. The number of para-hydroxylation sites is 3. The number of carbonyl (C=O) groups excluding carboxylic acids is 2. The zero-order valence-electron chi connectivity index (χ0n) is 14.3. The molecule has 132 valence electrons. The maximum atomic E-state index is 12.7. The van der Waals surface area contributed by atoms with E-state index in [4.69, 9.17) is 0 Å². The second kappa shape index (κ2) is 7.00. The number of hydrogen-bond acceptors (Lipinski definition) is 3. The number of aromatic amines is 1. The molecule has 1 fully saturated rings. The number of hydrogen-bond donors (Lipinski definition) is 3. The van der Waals surface area contributed by atoms with E-state index in [2.05, 4.69) is 20.6 Å². The van der Waals surface area contributed by atoms with Gasteiger partial charge in [-0.1, -0.05) is 30.7 Å². The first-order chi connectivity index (χ1) is 12.7. The molecule has 1 saturated heterocycles. The van der Waals surface area contributed by atoms with Crippen molar-refractivity contribution < 1.29 is 9.59 Å². The minimum Gasteiger partial charge on any atom is -0.344 e. The van der Waals surface area contributed by atoms with Crippen molar-refractivity contribution in [2.45, 2.75) is 31.7 Å². The fourth-order valence-electron chi connectivity index (χ4n) is 3.27. The SMILES string of the molecule is O=C1CCCCC(C(=O)Nc2ccccc2-c2nc3ccccc3[nH]2)N1. The number of rotatable bonds is 3. The Morgan fingerprint density at radius 2 is 1.88 bits per heavy atom. The Morgan fingerprint density at radius 3 is 2.77 bits per heavy atom. The van der Waals surface area contributed by atoms with Gasteiger partial charge in [0.05, 0.1) is 16.7 Å². The second-order valence-corrected chi connectivity index (χ2v) is 6.50. The molecule has 0 spiro atoms. The van der Waals surface area contributed by atoms with E-state index in [1.807, 2.05) is 48.5 Å². The van der Waals surface area contributed by atoms with Crippen LogP contribution in [0, 0.1) is 0 Å². The monoisotopic (exact) mass is 348 g/mol. The molecule has 0 radical (unpaired) electrons. The first-order valence-electron chi connectivity index (χ1n) is 8.85. The van der Waals surface area contributed by atoms with Crippen molar-refractivity contribution in [2.75, 3.05) is 5.32 Å². The summed E-state index contributed by atoms with van der Waals surface area (Å²) in [5, 5.41) is 5.76. The van der Waals surface area contributed by atoms with Crippen LogP contribution in [0.4, 0.5) is 5.69 Å². The molecule has 2 amide bonds. The Balaban J connectivity index is 1.61. The number of carbonyl (C=O) groups is 2. The van der Waals surface area contributed by atoms with Crippen molar-refractivity contribution >= 4 is 28.5 Å². The van der Waals surface area contributed by atoms with Crippen LogP contribution in [0.15, 0.2) is 48.5 Å². The van der Waals surface area contributed by atoms with Gasteiger partial charge in [-0.3, -0.25) is 9.59 Å². The smallest absolute Gasteiger partial charge is 0.246 e. The largest absolute Gasteiger partial charge is 0.344 e. The molecule has 1 aromatic heterocycles. The highest BCUT2D eigenvalue weighted by atomic mass is 16.2. The standard InChI is InChI=1S/C20H20N4O2/c25-18-12-6-5-11-17(21-18)20(26)24-14-8-2-1-7-13(14)19-22-15-9-3-4-10-16(15)23-19/h1-4,7-10,17H,5-6,11-12H2,(H,21,25)(H,22,23)(H,24,26). The molecule has 1 atom stereocenters. The summed E-state index contributed by atoms with van der Waals surface area (Å²) < 4.78 is 0. The third kappa shape index (κ3) is 3.31. The van der Waals surface area contributed by atoms with Gasteiger partial charge >= 0.3 is 0 Å². The molecule has 1 aliphatic rings. The molecule has 4 rings (SSSR count). The molecule has 1 aliphatic heterocycles. The van der Waals surface area contributed by atoms with Gasteiger partial charge in [0.15, 0.2) is 0 Å². The zero-order valence-corrected chi connectivity index (χ0v) is 14.3. The van der Waals surface area contributed by atoms with E-state index in [0.717, 1.165) is 29.4 Å². The van der Waals surface area contributed by atoms with Crippen LogP contribution >= 0.6 is 0 Å². The Hall–Kier alpha value is -3.15. The maximum Gasteiger partial charge on any atom is 0.246 e. The second-order valence-electron chi connectivity index (χ2n) is 6.50. The molecule has 0 saturated carbocycles. The van der Waals surface area contributed by atoms with Crippen LogP contribution in [-0.2, 0) is 9.59 Å². The number of aromatic nitrogens is 2. The number of fused-ring (bicyclic) bond motifs is 1. The first-order valence-corrected chi connectivity index (χ1v) is 8.85. The predicted octanol–water partition coefficient (Wildman–Crippen LogP) is 3.23. The molecule has 1 unspecified atom stereocenters. The van der Waals surface area contributed by atoms with Gasteiger partial charge in [-0.25, -0.2) is 4.98 Å². The van der Waals surface area contributed by atoms with Crippen LogP contribution in [0.1, 0.15) is 25.7 Å². The van der Waals surface area contributed by atoms with Crippen molar-refractivity contribution in [1.82, 2.24) is 15.3 Å². The maximum absolute atomic E-state index is 12.7. The average molecular weight is 348 g/mol. The summed E-state index contributed by atoms with van der Waals surface area (Å²) >= 11 is 0. The fraction of sp³-hybridized carbons (Fsp3) is 0.250. The van der Waals surface area contributed by atoms with Crippen LogP contribution in [0.2, 0.25) is 0 Å². The third-order valence-electron chi connectivity index (χ3n) is 4.63. The zero-order chi connectivity index (χ0) is 17.9. The van der Waals surface area contributed by atoms with E-state index in [9.17, 15) is 9.59 Å². The van der Waals surface area contributed by atoms with Crippen LogP contribution in [0.3, 0.4) is 0 Å². The molecule has 0 aliphatic carbocycles. The van der Waals surface area contributed by atoms with Gasteiger partial charge in [0.2, 0.25) is 11.8 Å². The summed E-state index contributed by atoms with van der Waals surface area (Å²) in [6.45, 7) is 0. The number of nitrogens with zero attached hydrogens (tertiary/aromatic N) is 1. The van der Waals surface area contributed by atoms with Crippen LogP contribution in [0.25, 0.3) is 22.4 Å². The van der Waals surface area contributed by atoms with Gasteiger partial charge < -0.3 is 15.6 Å². The number of anilines is 1. The third-order valence-corrected chi connectivity index (χ3v) is 4.63. The molecular formula is C20H20N4O2. The highest BCUT2D eigenvalue weighted by molar-refractivity contribution is 6.00. The van der Waals surface area contributed by atoms with Gasteiger partial charge in [0.1, 0.15) is 11.9 Å². The minimum atomic E-state index is -0.492. The van der Waals surface area contributed by atoms with E-state index >= 15 is 0 Å². The van der Waals surface area contributed by atoms with Crippen molar-refractivity contribution in [3.8, 4) is 11.4 Å². The quantitative estimate of drug-likeness (QED) is 0.679. The summed E-state index contributed by atoms with van der Waals surface area (Å²) in [6, 6.07) is 14.8. The first kappa shape index (κ1) is 16.3. The Labute approximate surface area is 151 Å². The highest BCUT2D eigenvalue weighted by Gasteiger charge is 2.24. The lowest BCUT2D eigenvalue weighted by molar-refractivity contribution is -0.125. The summed E-state index contributed by atoms with van der Waals surface area (Å²) in [6.07, 6.45) is 2.83. The van der Waals surface area contributed by atoms with E-state index in [1.54, 1.807) is 0 Å². The van der Waals surface area contributed by atoms with Crippen molar-refractivity contribution in [1.29, 1.82) is 0 Å². The average Bonchev–Trinajstić information content (AvgIpc) is 2.96.